The Morgan fingerprint density at radius 1 is 1.65 bits per heavy atom. The molecule has 2 aromatic heterocycles. The molecule has 1 N–H and O–H groups in total. The Kier molecular flexibility index (Phi) is 5.02. The third kappa shape index (κ3) is 3.51. The van der Waals surface area contributed by atoms with E-state index in [0.717, 1.165) is 11.3 Å². The third-order valence-electron chi connectivity index (χ3n) is 2.98. The normalized spacial score (nSPS) is 11.6. The number of hydrogen-bond acceptors (Lipinski definition) is 7. The lowest BCUT2D eigenvalue weighted by Gasteiger charge is -2.10. The van der Waals surface area contributed by atoms with Crippen LogP contribution >= 0.6 is 11.3 Å². The maximum atomic E-state index is 12.1. The number of carbonyl (C=O) groups excluding carboxylic acids is 2. The first kappa shape index (κ1) is 16.6. The van der Waals surface area contributed by atoms with Gasteiger partial charge in [0.2, 0.25) is 11.5 Å². The number of hydrogen-bond donors (Lipinski definition) is 1. The molecule has 0 fully saturated rings. The summed E-state index contributed by atoms with van der Waals surface area (Å²) in [7, 11) is 1.55. The van der Waals surface area contributed by atoms with Crippen LogP contribution in [0.5, 0.6) is 0 Å². The van der Waals surface area contributed by atoms with Crippen molar-refractivity contribution in [3.63, 3.8) is 0 Å². The van der Waals surface area contributed by atoms with Gasteiger partial charge in [0.1, 0.15) is 17.2 Å². The molecule has 0 aliphatic carbocycles. The highest BCUT2D eigenvalue weighted by atomic mass is 32.1. The highest BCUT2D eigenvalue weighted by molar-refractivity contribution is 7.16. The molecule has 9 nitrogen and oxygen atoms in total. The minimum absolute atomic E-state index is 0.0000387. The first-order valence-corrected chi connectivity index (χ1v) is 7.51. The van der Waals surface area contributed by atoms with Gasteiger partial charge in [-0.05, 0) is 13.8 Å². The van der Waals surface area contributed by atoms with Gasteiger partial charge in [-0.15, -0.1) is 5.10 Å². The van der Waals surface area contributed by atoms with Crippen LogP contribution in [0.25, 0.3) is 5.13 Å². The van der Waals surface area contributed by atoms with Crippen molar-refractivity contribution in [2.24, 2.45) is 0 Å². The molecule has 0 unspecified atom stereocenters. The van der Waals surface area contributed by atoms with Gasteiger partial charge in [-0.3, -0.25) is 9.59 Å². The third-order valence-corrected chi connectivity index (χ3v) is 3.94. The predicted octanol–water partition coefficient (Wildman–Crippen LogP) is 0.435. The Morgan fingerprint density at radius 2 is 2.39 bits per heavy atom. The Balaban J connectivity index is 2.33. The van der Waals surface area contributed by atoms with Crippen LogP contribution in [-0.2, 0) is 4.79 Å². The van der Waals surface area contributed by atoms with Gasteiger partial charge in [0, 0.05) is 7.05 Å². The molecule has 23 heavy (non-hydrogen) atoms. The van der Waals surface area contributed by atoms with Crippen molar-refractivity contribution >= 4 is 23.7 Å². The van der Waals surface area contributed by atoms with Gasteiger partial charge in [-0.25, -0.2) is 9.97 Å². The summed E-state index contributed by atoms with van der Waals surface area (Å²) in [4.78, 5) is 32.9. The Morgan fingerprint density at radius 3 is 3.04 bits per heavy atom. The average molecular weight is 333 g/mol. The van der Waals surface area contributed by atoms with E-state index in [1.807, 2.05) is 6.07 Å². The molecule has 2 amide bonds. The van der Waals surface area contributed by atoms with E-state index in [9.17, 15) is 9.59 Å². The largest absolute Gasteiger partial charge is 0.349 e. The molecule has 1 atom stereocenters. The predicted molar refractivity (Wildman–Crippen MR) is 82.0 cm³/mol. The van der Waals surface area contributed by atoms with E-state index >= 15 is 0 Å². The van der Waals surface area contributed by atoms with Gasteiger partial charge < -0.3 is 10.2 Å². The van der Waals surface area contributed by atoms with E-state index in [2.05, 4.69) is 20.4 Å². The zero-order chi connectivity index (χ0) is 17.0. The zero-order valence-corrected chi connectivity index (χ0v) is 13.7. The first-order valence-electron chi connectivity index (χ1n) is 6.69. The fraction of sp³-hybridized carbons (Fsp3) is 0.385. The van der Waals surface area contributed by atoms with E-state index in [4.69, 9.17) is 5.26 Å². The second kappa shape index (κ2) is 6.97. The Bertz CT molecular complexity index is 761. The lowest BCUT2D eigenvalue weighted by atomic mass is 10.3. The molecule has 0 spiro atoms. The van der Waals surface area contributed by atoms with Gasteiger partial charge >= 0.3 is 0 Å². The molecule has 0 aliphatic heterocycles. The van der Waals surface area contributed by atoms with Crippen molar-refractivity contribution in [1.82, 2.24) is 30.0 Å². The summed E-state index contributed by atoms with van der Waals surface area (Å²) in [5.74, 6) is 0.769. The lowest BCUT2D eigenvalue weighted by Crippen LogP contribution is -2.26. The Labute approximate surface area is 136 Å². The van der Waals surface area contributed by atoms with Crippen molar-refractivity contribution in [3.05, 3.63) is 22.7 Å². The summed E-state index contributed by atoms with van der Waals surface area (Å²) in [5, 5.41) is 16.0. The molecule has 0 bridgehead atoms. The summed E-state index contributed by atoms with van der Waals surface area (Å²) in [6.45, 7) is 3.50. The molecule has 2 heterocycles. The molecule has 2 aromatic rings. The molecule has 0 saturated heterocycles. The van der Waals surface area contributed by atoms with Crippen molar-refractivity contribution in [1.29, 1.82) is 5.26 Å². The van der Waals surface area contributed by atoms with E-state index in [0.29, 0.717) is 28.1 Å². The van der Waals surface area contributed by atoms with Crippen molar-refractivity contribution in [2.75, 3.05) is 13.6 Å². The molecule has 0 aromatic carbocycles. The lowest BCUT2D eigenvalue weighted by molar-refractivity contribution is -0.110. The minimum atomic E-state index is -0.349. The summed E-state index contributed by atoms with van der Waals surface area (Å²) in [6.07, 6.45) is 2.03. The fourth-order valence-corrected chi connectivity index (χ4v) is 2.73. The minimum Gasteiger partial charge on any atom is -0.349 e. The number of thiazole rings is 1. The molecular weight excluding hydrogens is 318 g/mol. The number of carbonyl (C=O) groups is 2. The van der Waals surface area contributed by atoms with Crippen molar-refractivity contribution < 1.29 is 9.59 Å². The summed E-state index contributed by atoms with van der Waals surface area (Å²) >= 11 is 1.14. The van der Waals surface area contributed by atoms with Gasteiger partial charge in [0.25, 0.3) is 5.91 Å². The summed E-state index contributed by atoms with van der Waals surface area (Å²) in [6, 6.07) is 1.57. The monoisotopic (exact) mass is 333 g/mol. The molecule has 2 rings (SSSR count). The van der Waals surface area contributed by atoms with Crippen LogP contribution in [-0.4, -0.2) is 50.6 Å². The number of nitrogens with zero attached hydrogens (tertiary/aromatic N) is 6. The van der Waals surface area contributed by atoms with E-state index in [1.54, 1.807) is 20.9 Å². The van der Waals surface area contributed by atoms with Crippen LogP contribution in [0.3, 0.4) is 0 Å². The molecule has 10 heteroatoms. The molecule has 0 saturated carbocycles. The van der Waals surface area contributed by atoms with E-state index in [1.165, 1.54) is 15.8 Å². The zero-order valence-electron chi connectivity index (χ0n) is 12.8. The van der Waals surface area contributed by atoms with Crippen LogP contribution in [0.15, 0.2) is 6.20 Å². The quantitative estimate of drug-likeness (QED) is 0.605. The molecular formula is C13H15N7O2S. The standard InChI is InChI=1S/C13H15N7O2S/c1-8(16-7-21)11-17-9(2)18-20(11)13-15-6-10(23-13)12(22)19(3)5-4-14/h6-8H,5H2,1-3H3,(H,16,21)/t8-/m0/s1. The molecule has 0 aliphatic rings. The highest BCUT2D eigenvalue weighted by Crippen LogP contribution is 2.21. The number of amides is 2. The Hall–Kier alpha value is -2.80. The summed E-state index contributed by atoms with van der Waals surface area (Å²) in [5.41, 5.74) is 0. The van der Waals surface area contributed by atoms with Crippen molar-refractivity contribution in [2.45, 2.75) is 19.9 Å². The van der Waals surface area contributed by atoms with Crippen LogP contribution in [0.2, 0.25) is 0 Å². The number of aryl methyl sites for hydroxylation is 1. The first-order chi connectivity index (χ1) is 11.0. The van der Waals surface area contributed by atoms with Gasteiger partial charge in [0.15, 0.2) is 5.82 Å². The van der Waals surface area contributed by atoms with Crippen LogP contribution < -0.4 is 5.32 Å². The highest BCUT2D eigenvalue weighted by Gasteiger charge is 2.20. The van der Waals surface area contributed by atoms with Crippen LogP contribution in [0.1, 0.15) is 34.3 Å². The summed E-state index contributed by atoms with van der Waals surface area (Å²) < 4.78 is 1.50. The van der Waals surface area contributed by atoms with E-state index < -0.39 is 0 Å². The molecule has 120 valence electrons. The van der Waals surface area contributed by atoms with Gasteiger partial charge in [-0.2, -0.15) is 9.94 Å². The smallest absolute Gasteiger partial charge is 0.266 e. The maximum absolute atomic E-state index is 12.1. The molecule has 0 radical (unpaired) electrons. The second-order valence-electron chi connectivity index (χ2n) is 4.76. The van der Waals surface area contributed by atoms with Crippen molar-refractivity contribution in [3.8, 4) is 11.2 Å². The average Bonchev–Trinajstić information content (AvgIpc) is 3.13. The number of aromatic nitrogens is 4. The number of rotatable bonds is 6. The van der Waals surface area contributed by atoms with Crippen LogP contribution in [0.4, 0.5) is 0 Å². The topological polar surface area (TPSA) is 117 Å². The van der Waals surface area contributed by atoms with Crippen LogP contribution in [0, 0.1) is 18.3 Å². The number of nitriles is 1. The second-order valence-corrected chi connectivity index (χ2v) is 5.77. The SMILES string of the molecule is Cc1nc([C@H](C)NC=O)n(-c2ncc(C(=O)N(C)CC#N)s2)n1. The fourth-order valence-electron chi connectivity index (χ4n) is 1.86. The number of nitrogens with one attached hydrogen (secondary N) is 1. The van der Waals surface area contributed by atoms with E-state index in [-0.39, 0.29) is 18.5 Å². The van der Waals surface area contributed by atoms with Gasteiger partial charge in [-0.1, -0.05) is 11.3 Å². The van der Waals surface area contributed by atoms with Gasteiger partial charge in [0.05, 0.1) is 18.3 Å². The maximum Gasteiger partial charge on any atom is 0.266 e.